The van der Waals surface area contributed by atoms with Gasteiger partial charge in [-0.15, -0.1) is 11.3 Å². The molecule has 2 aliphatic rings. The lowest BCUT2D eigenvalue weighted by Gasteiger charge is -2.38. The van der Waals surface area contributed by atoms with E-state index in [1.807, 2.05) is 47.1 Å². The Kier molecular flexibility index (Phi) is 4.26. The molecule has 2 aromatic heterocycles. The van der Waals surface area contributed by atoms with Gasteiger partial charge in [0.05, 0.1) is 12.8 Å². The highest BCUT2D eigenvalue weighted by molar-refractivity contribution is 7.10. The van der Waals surface area contributed by atoms with Gasteiger partial charge in [0.25, 0.3) is 0 Å². The van der Waals surface area contributed by atoms with Crippen LogP contribution in [0.5, 0.6) is 11.5 Å². The number of aromatic nitrogens is 3. The summed E-state index contributed by atoms with van der Waals surface area (Å²) in [5.41, 5.74) is 3.88. The summed E-state index contributed by atoms with van der Waals surface area (Å²) in [6.45, 7) is 0. The summed E-state index contributed by atoms with van der Waals surface area (Å²) in [5, 5.41) is 10.7. The fraction of sp³-hybridized carbons (Fsp3) is 0.130. The first kappa shape index (κ1) is 18.5. The predicted molar refractivity (Wildman–Crippen MR) is 121 cm³/mol. The first-order valence-corrected chi connectivity index (χ1v) is 11.0. The number of fused-ring (bicyclic) bond motifs is 3. The molecular weight excluding hydrogens is 432 g/mol. The van der Waals surface area contributed by atoms with Gasteiger partial charge in [-0.2, -0.15) is 10.1 Å². The van der Waals surface area contributed by atoms with Gasteiger partial charge in [-0.1, -0.05) is 35.9 Å². The number of benzene rings is 2. The zero-order valence-electron chi connectivity index (χ0n) is 16.4. The largest absolute Gasteiger partial charge is 0.496 e. The molecule has 1 N–H and O–H groups in total. The molecule has 0 spiro atoms. The zero-order chi connectivity index (χ0) is 20.9. The second kappa shape index (κ2) is 7.14. The minimum Gasteiger partial charge on any atom is -0.496 e. The molecule has 6 rings (SSSR count). The van der Waals surface area contributed by atoms with E-state index in [-0.39, 0.29) is 12.1 Å². The number of ether oxygens (including phenoxy) is 2. The number of methoxy groups -OCH3 is 1. The van der Waals surface area contributed by atoms with Crippen molar-refractivity contribution in [3.63, 3.8) is 0 Å². The number of nitrogens with one attached hydrogen (secondary N) is 1. The van der Waals surface area contributed by atoms with Crippen molar-refractivity contribution in [2.75, 3.05) is 12.4 Å². The van der Waals surface area contributed by atoms with Crippen molar-refractivity contribution in [2.24, 2.45) is 0 Å². The summed E-state index contributed by atoms with van der Waals surface area (Å²) in [6.07, 6.45) is 1.27. The van der Waals surface area contributed by atoms with Crippen LogP contribution in [0.2, 0.25) is 5.02 Å². The van der Waals surface area contributed by atoms with E-state index in [2.05, 4.69) is 32.9 Å². The fourth-order valence-corrected chi connectivity index (χ4v) is 5.25. The summed E-state index contributed by atoms with van der Waals surface area (Å²) in [5.74, 6) is 2.22. The van der Waals surface area contributed by atoms with E-state index in [0.717, 1.165) is 38.8 Å². The fourth-order valence-electron chi connectivity index (χ4n) is 4.31. The van der Waals surface area contributed by atoms with Gasteiger partial charge >= 0.3 is 0 Å². The van der Waals surface area contributed by atoms with Gasteiger partial charge in [0.15, 0.2) is 6.10 Å². The molecule has 0 bridgehead atoms. The number of nitrogens with zero attached hydrogens (tertiary/aromatic N) is 3. The maximum Gasteiger partial charge on any atom is 0.226 e. The quantitative estimate of drug-likeness (QED) is 0.444. The van der Waals surface area contributed by atoms with Crippen LogP contribution in [0.15, 0.2) is 71.9 Å². The zero-order valence-corrected chi connectivity index (χ0v) is 18.0. The molecule has 4 aromatic rings. The molecule has 0 saturated heterocycles. The smallest absolute Gasteiger partial charge is 0.226 e. The molecule has 2 atom stereocenters. The minimum atomic E-state index is -0.288. The van der Waals surface area contributed by atoms with Crippen molar-refractivity contribution < 1.29 is 9.47 Å². The number of rotatable bonds is 3. The van der Waals surface area contributed by atoms with Crippen LogP contribution in [0, 0.1) is 0 Å². The Balaban J connectivity index is 1.67. The van der Waals surface area contributed by atoms with Crippen LogP contribution in [-0.2, 0) is 0 Å². The SMILES string of the molecule is COc1ccccc1C1C2=C(Nc3ncnn31)c1cc(Cl)ccc1OC2c1cccs1. The topological polar surface area (TPSA) is 61.2 Å². The molecular formula is C23H17ClN4O2S. The summed E-state index contributed by atoms with van der Waals surface area (Å²) >= 11 is 8.03. The molecule has 2 aliphatic heterocycles. The standard InChI is InChI=1S/C23H17ClN4O2S/c1-29-16-6-3-2-5-14(16)21-19-20(27-23-25-12-26-28(21)23)15-11-13(24)8-9-17(15)30-22(19)18-7-4-10-31-18/h2-12,21-22H,1H3,(H,25,26,27). The van der Waals surface area contributed by atoms with Gasteiger partial charge in [0.1, 0.15) is 23.9 Å². The van der Waals surface area contributed by atoms with Gasteiger partial charge < -0.3 is 14.8 Å². The first-order chi connectivity index (χ1) is 15.2. The van der Waals surface area contributed by atoms with E-state index in [9.17, 15) is 0 Å². The summed E-state index contributed by atoms with van der Waals surface area (Å²) in [4.78, 5) is 5.57. The Labute approximate surface area is 187 Å². The van der Waals surface area contributed by atoms with Crippen molar-refractivity contribution in [3.05, 3.63) is 92.9 Å². The van der Waals surface area contributed by atoms with Crippen LogP contribution < -0.4 is 14.8 Å². The van der Waals surface area contributed by atoms with Crippen molar-refractivity contribution in [1.29, 1.82) is 0 Å². The highest BCUT2D eigenvalue weighted by atomic mass is 35.5. The average molecular weight is 449 g/mol. The second-order valence-corrected chi connectivity index (χ2v) is 8.70. The van der Waals surface area contributed by atoms with Gasteiger partial charge in [-0.05, 0) is 35.7 Å². The Morgan fingerprint density at radius 2 is 2.06 bits per heavy atom. The maximum absolute atomic E-state index is 6.57. The Morgan fingerprint density at radius 3 is 2.90 bits per heavy atom. The van der Waals surface area contributed by atoms with E-state index in [4.69, 9.17) is 21.1 Å². The number of thiophene rings is 1. The van der Waals surface area contributed by atoms with Crippen molar-refractivity contribution in [1.82, 2.24) is 14.8 Å². The number of hydrogen-bond acceptors (Lipinski definition) is 6. The van der Waals surface area contributed by atoms with Crippen LogP contribution in [0.1, 0.15) is 28.1 Å². The monoisotopic (exact) mass is 448 g/mol. The lowest BCUT2D eigenvalue weighted by atomic mass is 9.86. The molecule has 31 heavy (non-hydrogen) atoms. The molecule has 0 saturated carbocycles. The molecule has 4 heterocycles. The number of hydrogen-bond donors (Lipinski definition) is 1. The molecule has 0 fully saturated rings. The summed E-state index contributed by atoms with van der Waals surface area (Å²) in [6, 6.07) is 17.6. The minimum absolute atomic E-state index is 0.260. The molecule has 8 heteroatoms. The van der Waals surface area contributed by atoms with Crippen LogP contribution in [0.4, 0.5) is 5.95 Å². The second-order valence-electron chi connectivity index (χ2n) is 7.28. The summed E-state index contributed by atoms with van der Waals surface area (Å²) in [7, 11) is 1.68. The lowest BCUT2D eigenvalue weighted by Crippen LogP contribution is -2.32. The van der Waals surface area contributed by atoms with Crippen molar-refractivity contribution in [2.45, 2.75) is 12.1 Å². The van der Waals surface area contributed by atoms with Crippen LogP contribution >= 0.6 is 22.9 Å². The molecule has 0 radical (unpaired) electrons. The van der Waals surface area contributed by atoms with Gasteiger partial charge in [-0.25, -0.2) is 4.68 Å². The number of halogens is 1. The lowest BCUT2D eigenvalue weighted by molar-refractivity contribution is 0.226. The molecule has 0 amide bonds. The number of para-hydroxylation sites is 1. The van der Waals surface area contributed by atoms with E-state index >= 15 is 0 Å². The normalized spacial score (nSPS) is 19.0. The third-order valence-corrected chi connectivity index (χ3v) is 6.76. The van der Waals surface area contributed by atoms with E-state index in [1.165, 1.54) is 0 Å². The first-order valence-electron chi connectivity index (χ1n) is 9.78. The van der Waals surface area contributed by atoms with Crippen LogP contribution in [0.3, 0.4) is 0 Å². The Hall–Kier alpha value is -3.29. The van der Waals surface area contributed by atoms with E-state index in [0.29, 0.717) is 11.0 Å². The average Bonchev–Trinajstić information content (AvgIpc) is 3.49. The van der Waals surface area contributed by atoms with E-state index in [1.54, 1.807) is 24.8 Å². The van der Waals surface area contributed by atoms with Gasteiger partial charge in [-0.3, -0.25) is 0 Å². The van der Waals surface area contributed by atoms with Crippen LogP contribution in [0.25, 0.3) is 5.70 Å². The van der Waals surface area contributed by atoms with Crippen molar-refractivity contribution >= 4 is 34.6 Å². The molecule has 2 aromatic carbocycles. The molecule has 2 unspecified atom stereocenters. The molecule has 0 aliphatic carbocycles. The van der Waals surface area contributed by atoms with Crippen LogP contribution in [-0.4, -0.2) is 21.9 Å². The highest BCUT2D eigenvalue weighted by Gasteiger charge is 2.42. The highest BCUT2D eigenvalue weighted by Crippen LogP contribution is 2.52. The third-order valence-electron chi connectivity index (χ3n) is 5.61. The summed E-state index contributed by atoms with van der Waals surface area (Å²) < 4.78 is 14.2. The molecule has 154 valence electrons. The third kappa shape index (κ3) is 2.85. The van der Waals surface area contributed by atoms with Crippen molar-refractivity contribution in [3.8, 4) is 11.5 Å². The van der Waals surface area contributed by atoms with E-state index < -0.39 is 0 Å². The Bertz CT molecular complexity index is 1310. The number of anilines is 1. The Morgan fingerprint density at radius 1 is 1.16 bits per heavy atom. The predicted octanol–water partition coefficient (Wildman–Crippen LogP) is 5.56. The molecule has 6 nitrogen and oxygen atoms in total. The maximum atomic E-state index is 6.57. The van der Waals surface area contributed by atoms with Gasteiger partial charge in [0, 0.05) is 26.6 Å². The van der Waals surface area contributed by atoms with Gasteiger partial charge in [0.2, 0.25) is 5.95 Å².